The number of hydrogen-bond acceptors (Lipinski definition) is 6. The first-order valence-corrected chi connectivity index (χ1v) is 11.3. The van der Waals surface area contributed by atoms with E-state index in [0.29, 0.717) is 6.61 Å². The lowest BCUT2D eigenvalue weighted by Crippen LogP contribution is -1.99. The first-order chi connectivity index (χ1) is 14.2. The van der Waals surface area contributed by atoms with Gasteiger partial charge in [-0.05, 0) is 32.0 Å². The average molecular weight is 423 g/mol. The van der Waals surface area contributed by atoms with Gasteiger partial charge in [0.1, 0.15) is 10.8 Å². The number of thiazole rings is 1. The summed E-state index contributed by atoms with van der Waals surface area (Å²) < 4.78 is 7.75. The summed E-state index contributed by atoms with van der Waals surface area (Å²) in [5.41, 5.74) is 4.41. The van der Waals surface area contributed by atoms with Gasteiger partial charge in [0.25, 0.3) is 0 Å². The highest BCUT2D eigenvalue weighted by Gasteiger charge is 2.15. The van der Waals surface area contributed by atoms with E-state index >= 15 is 0 Å². The van der Waals surface area contributed by atoms with Crippen LogP contribution in [0, 0.1) is 6.92 Å². The zero-order valence-electron chi connectivity index (χ0n) is 16.6. The second-order valence-corrected chi connectivity index (χ2v) is 8.40. The first-order valence-electron chi connectivity index (χ1n) is 9.41. The summed E-state index contributed by atoms with van der Waals surface area (Å²) in [6.45, 7) is 4.69. The Bertz CT molecular complexity index is 1120. The number of nitrogens with zero attached hydrogens (tertiary/aromatic N) is 4. The molecule has 0 N–H and O–H groups in total. The molecule has 0 fully saturated rings. The summed E-state index contributed by atoms with van der Waals surface area (Å²) in [7, 11) is 1.99. The Labute approximate surface area is 178 Å². The van der Waals surface area contributed by atoms with Crippen LogP contribution in [0.2, 0.25) is 0 Å². The molecule has 0 saturated carbocycles. The van der Waals surface area contributed by atoms with Crippen LogP contribution in [0.4, 0.5) is 0 Å². The van der Waals surface area contributed by atoms with Crippen LogP contribution in [0.3, 0.4) is 0 Å². The van der Waals surface area contributed by atoms with E-state index < -0.39 is 0 Å². The Hall–Kier alpha value is -2.64. The van der Waals surface area contributed by atoms with Crippen LogP contribution >= 0.6 is 23.1 Å². The third-order valence-electron chi connectivity index (χ3n) is 4.43. The van der Waals surface area contributed by atoms with E-state index in [1.165, 1.54) is 11.1 Å². The topological polar surface area (TPSA) is 52.8 Å². The maximum atomic E-state index is 5.74. The van der Waals surface area contributed by atoms with Gasteiger partial charge in [0.05, 0.1) is 17.9 Å². The molecular formula is C22H22N4OS2. The van der Waals surface area contributed by atoms with Crippen LogP contribution < -0.4 is 4.74 Å². The number of aromatic nitrogens is 4. The van der Waals surface area contributed by atoms with Crippen LogP contribution in [0.25, 0.3) is 22.0 Å². The van der Waals surface area contributed by atoms with Crippen LogP contribution in [0.15, 0.2) is 59.1 Å². The van der Waals surface area contributed by atoms with Gasteiger partial charge in [-0.1, -0.05) is 47.7 Å². The molecule has 0 bridgehead atoms. The van der Waals surface area contributed by atoms with Crippen molar-refractivity contribution < 1.29 is 4.74 Å². The number of thioether (sulfide) groups is 1. The van der Waals surface area contributed by atoms with Gasteiger partial charge in [0.2, 0.25) is 0 Å². The summed E-state index contributed by atoms with van der Waals surface area (Å²) in [6.07, 6.45) is 0. The summed E-state index contributed by atoms with van der Waals surface area (Å²) in [5.74, 6) is 2.38. The zero-order chi connectivity index (χ0) is 20.2. The lowest BCUT2D eigenvalue weighted by molar-refractivity contribution is 0.341. The molecule has 0 unspecified atom stereocenters. The fraction of sp³-hybridized carbons (Fsp3) is 0.227. The first kappa shape index (κ1) is 19.7. The third kappa shape index (κ3) is 4.36. The minimum Gasteiger partial charge on any atom is -0.493 e. The van der Waals surface area contributed by atoms with Crippen molar-refractivity contribution in [2.75, 3.05) is 6.61 Å². The molecule has 2 aromatic heterocycles. The van der Waals surface area contributed by atoms with Gasteiger partial charge in [-0.3, -0.25) is 0 Å². The van der Waals surface area contributed by atoms with Crippen LogP contribution in [0.5, 0.6) is 5.75 Å². The van der Waals surface area contributed by atoms with Crippen LogP contribution in [0.1, 0.15) is 18.2 Å². The number of rotatable bonds is 7. The number of ether oxygens (including phenoxy) is 1. The molecule has 0 saturated heterocycles. The fourth-order valence-corrected chi connectivity index (χ4v) is 4.76. The normalized spacial score (nSPS) is 11.0. The van der Waals surface area contributed by atoms with Crippen molar-refractivity contribution in [1.29, 1.82) is 0 Å². The van der Waals surface area contributed by atoms with E-state index in [9.17, 15) is 0 Å². The third-order valence-corrected chi connectivity index (χ3v) is 6.42. The molecule has 0 spiro atoms. The molecule has 148 valence electrons. The van der Waals surface area contributed by atoms with E-state index in [4.69, 9.17) is 9.72 Å². The van der Waals surface area contributed by atoms with E-state index in [2.05, 4.69) is 46.8 Å². The second-order valence-electron chi connectivity index (χ2n) is 6.60. The predicted octanol–water partition coefficient (Wildman–Crippen LogP) is 5.61. The molecule has 4 rings (SSSR count). The van der Waals surface area contributed by atoms with Gasteiger partial charge in [0.15, 0.2) is 11.0 Å². The lowest BCUT2D eigenvalue weighted by Gasteiger charge is -2.09. The van der Waals surface area contributed by atoms with Crippen molar-refractivity contribution >= 4 is 23.1 Å². The van der Waals surface area contributed by atoms with Gasteiger partial charge < -0.3 is 9.30 Å². The minimum atomic E-state index is 0.615. The Balaban J connectivity index is 1.50. The molecule has 4 aromatic rings. The van der Waals surface area contributed by atoms with E-state index in [0.717, 1.165) is 38.7 Å². The van der Waals surface area contributed by atoms with Crippen molar-refractivity contribution in [2.45, 2.75) is 24.8 Å². The van der Waals surface area contributed by atoms with E-state index in [-0.39, 0.29) is 0 Å². The summed E-state index contributed by atoms with van der Waals surface area (Å²) in [6, 6.07) is 16.4. The smallest absolute Gasteiger partial charge is 0.191 e. The highest BCUT2D eigenvalue weighted by atomic mass is 32.2. The highest BCUT2D eigenvalue weighted by Crippen LogP contribution is 2.32. The molecule has 0 aliphatic carbocycles. The van der Waals surface area contributed by atoms with E-state index in [1.807, 2.05) is 42.8 Å². The van der Waals surface area contributed by atoms with E-state index in [1.54, 1.807) is 23.1 Å². The molecule has 2 aromatic carbocycles. The zero-order valence-corrected chi connectivity index (χ0v) is 18.3. The van der Waals surface area contributed by atoms with Crippen molar-refractivity contribution in [3.63, 3.8) is 0 Å². The fourth-order valence-electron chi connectivity index (χ4n) is 3.03. The standard InChI is InChI=1S/C22H22N4OS2/c1-4-27-19-11-6-5-10-18(19)20-24-25-22(26(20)3)29-14-17-13-28-21(23-17)16-9-7-8-15(2)12-16/h5-13H,4,14H2,1-3H3. The highest BCUT2D eigenvalue weighted by molar-refractivity contribution is 7.98. The molecule has 0 radical (unpaired) electrons. The molecule has 0 amide bonds. The molecule has 0 aliphatic rings. The maximum Gasteiger partial charge on any atom is 0.191 e. The van der Waals surface area contributed by atoms with Gasteiger partial charge >= 0.3 is 0 Å². The molecule has 2 heterocycles. The molecule has 0 atom stereocenters. The average Bonchev–Trinajstić information content (AvgIpc) is 3.34. The molecule has 5 nitrogen and oxygen atoms in total. The van der Waals surface area contributed by atoms with Crippen molar-refractivity contribution in [1.82, 2.24) is 19.7 Å². The Morgan fingerprint density at radius 2 is 1.97 bits per heavy atom. The SMILES string of the molecule is CCOc1ccccc1-c1nnc(SCc2csc(-c3cccc(C)c3)n2)n1C. The minimum absolute atomic E-state index is 0.615. The summed E-state index contributed by atoms with van der Waals surface area (Å²) in [4.78, 5) is 4.79. The molecule has 29 heavy (non-hydrogen) atoms. The Morgan fingerprint density at radius 3 is 2.79 bits per heavy atom. The Kier molecular flexibility index (Phi) is 5.97. The Morgan fingerprint density at radius 1 is 1.10 bits per heavy atom. The van der Waals surface area contributed by atoms with Crippen molar-refractivity contribution in [2.24, 2.45) is 7.05 Å². The summed E-state index contributed by atoms with van der Waals surface area (Å²) >= 11 is 3.32. The van der Waals surface area contributed by atoms with Gasteiger partial charge in [-0.25, -0.2) is 4.98 Å². The molecule has 0 aliphatic heterocycles. The second kappa shape index (κ2) is 8.80. The molecular weight excluding hydrogens is 400 g/mol. The summed E-state index contributed by atoms with van der Waals surface area (Å²) in [5, 5.41) is 12.8. The number of hydrogen-bond donors (Lipinski definition) is 0. The monoisotopic (exact) mass is 422 g/mol. The largest absolute Gasteiger partial charge is 0.493 e. The van der Waals surface area contributed by atoms with Gasteiger partial charge in [-0.15, -0.1) is 21.5 Å². The maximum absolute atomic E-state index is 5.74. The van der Waals surface area contributed by atoms with Gasteiger partial charge in [-0.2, -0.15) is 0 Å². The lowest BCUT2D eigenvalue weighted by atomic mass is 10.1. The number of para-hydroxylation sites is 1. The van der Waals surface area contributed by atoms with Crippen LogP contribution in [-0.2, 0) is 12.8 Å². The predicted molar refractivity (Wildman–Crippen MR) is 119 cm³/mol. The van der Waals surface area contributed by atoms with Crippen molar-refractivity contribution in [3.8, 4) is 27.7 Å². The number of aryl methyl sites for hydroxylation is 1. The van der Waals surface area contributed by atoms with Crippen LogP contribution in [-0.4, -0.2) is 26.4 Å². The number of benzene rings is 2. The van der Waals surface area contributed by atoms with Gasteiger partial charge in [0, 0.05) is 23.7 Å². The quantitative estimate of drug-likeness (QED) is 0.363. The van der Waals surface area contributed by atoms with Crippen molar-refractivity contribution in [3.05, 3.63) is 65.2 Å². The molecule has 7 heteroatoms.